The highest BCUT2D eigenvalue weighted by Gasteiger charge is 2.41. The van der Waals surface area contributed by atoms with Crippen molar-refractivity contribution in [1.82, 2.24) is 0 Å². The minimum atomic E-state index is -2.77. The van der Waals surface area contributed by atoms with Crippen molar-refractivity contribution in [2.75, 3.05) is 7.11 Å². The van der Waals surface area contributed by atoms with Gasteiger partial charge in [0.05, 0.1) is 0 Å². The first-order valence-corrected chi connectivity index (χ1v) is 9.56. The largest absolute Gasteiger partial charge is 0.501 e. The number of hydrogen-bond acceptors (Lipinski definition) is 3. The molecule has 1 rings (SSSR count). The molecule has 0 bridgehead atoms. The molecule has 0 amide bonds. The fraction of sp³-hybridized carbons (Fsp3) is 0.625. The molecule has 0 radical (unpaired) electrons. The van der Waals surface area contributed by atoms with Crippen LogP contribution < -0.4 is 0 Å². The van der Waals surface area contributed by atoms with E-state index in [-0.39, 0.29) is 12.2 Å². The molecule has 0 N–H and O–H groups in total. The Kier molecular flexibility index (Phi) is 7.62. The SMILES string of the molecule is CO[Si](CCCc1ccc(F)cc1F)(OC(C)C)OC(C)C. The molecule has 0 spiro atoms. The van der Waals surface area contributed by atoms with E-state index in [9.17, 15) is 8.78 Å². The number of benzene rings is 1. The molecule has 126 valence electrons. The van der Waals surface area contributed by atoms with Gasteiger partial charge in [-0.2, -0.15) is 0 Å². The Balaban J connectivity index is 2.69. The van der Waals surface area contributed by atoms with E-state index in [1.165, 1.54) is 12.1 Å². The third kappa shape index (κ3) is 6.12. The molecule has 0 aliphatic heterocycles. The molecule has 6 heteroatoms. The number of halogens is 2. The lowest BCUT2D eigenvalue weighted by molar-refractivity contribution is 0.0324. The lowest BCUT2D eigenvalue weighted by Crippen LogP contribution is -2.48. The van der Waals surface area contributed by atoms with E-state index < -0.39 is 20.4 Å². The molecule has 0 saturated carbocycles. The van der Waals surface area contributed by atoms with Crippen LogP contribution in [0.1, 0.15) is 39.7 Å². The van der Waals surface area contributed by atoms with Crippen molar-refractivity contribution in [2.24, 2.45) is 0 Å². The molecule has 3 nitrogen and oxygen atoms in total. The molecule has 1 aromatic rings. The number of hydrogen-bond donors (Lipinski definition) is 0. The van der Waals surface area contributed by atoms with Crippen LogP contribution >= 0.6 is 0 Å². The van der Waals surface area contributed by atoms with Gasteiger partial charge in [0.1, 0.15) is 11.6 Å². The van der Waals surface area contributed by atoms with E-state index in [4.69, 9.17) is 13.3 Å². The highest BCUT2D eigenvalue weighted by atomic mass is 28.4. The molecule has 0 atom stereocenters. The molecule has 0 heterocycles. The van der Waals surface area contributed by atoms with Gasteiger partial charge in [0.15, 0.2) is 0 Å². The first-order chi connectivity index (χ1) is 10.3. The van der Waals surface area contributed by atoms with Gasteiger partial charge in [-0.25, -0.2) is 8.78 Å². The Labute approximate surface area is 133 Å². The van der Waals surface area contributed by atoms with Crippen LogP contribution in [-0.2, 0) is 19.7 Å². The van der Waals surface area contributed by atoms with Crippen LogP contribution in [0.25, 0.3) is 0 Å². The van der Waals surface area contributed by atoms with Gasteiger partial charge in [0.2, 0.25) is 0 Å². The molecular formula is C16H26F2O3Si. The molecule has 0 fully saturated rings. The van der Waals surface area contributed by atoms with Gasteiger partial charge >= 0.3 is 8.80 Å². The third-order valence-corrected chi connectivity index (χ3v) is 6.33. The van der Waals surface area contributed by atoms with Crippen LogP contribution in [0.2, 0.25) is 6.04 Å². The van der Waals surface area contributed by atoms with Gasteiger partial charge in [0.25, 0.3) is 0 Å². The first kappa shape index (κ1) is 19.2. The van der Waals surface area contributed by atoms with Crippen LogP contribution in [0.3, 0.4) is 0 Å². The Morgan fingerprint density at radius 1 is 1.05 bits per heavy atom. The van der Waals surface area contributed by atoms with E-state index in [2.05, 4.69) is 0 Å². The van der Waals surface area contributed by atoms with Crippen molar-refractivity contribution in [2.45, 2.75) is 58.8 Å². The van der Waals surface area contributed by atoms with Gasteiger partial charge in [-0.15, -0.1) is 0 Å². The zero-order valence-corrected chi connectivity index (χ0v) is 15.0. The van der Waals surface area contributed by atoms with E-state index >= 15 is 0 Å². The van der Waals surface area contributed by atoms with Crippen molar-refractivity contribution in [3.63, 3.8) is 0 Å². The summed E-state index contributed by atoms with van der Waals surface area (Å²) in [5.74, 6) is -1.08. The predicted molar refractivity (Wildman–Crippen MR) is 84.7 cm³/mol. The zero-order valence-electron chi connectivity index (χ0n) is 14.0. The van der Waals surface area contributed by atoms with Crippen molar-refractivity contribution >= 4 is 8.80 Å². The average molecular weight is 332 g/mol. The minimum Gasteiger partial charge on any atom is -0.377 e. The van der Waals surface area contributed by atoms with Crippen LogP contribution in [0, 0.1) is 11.6 Å². The van der Waals surface area contributed by atoms with Crippen molar-refractivity contribution in [3.05, 3.63) is 35.4 Å². The zero-order chi connectivity index (χ0) is 16.8. The second-order valence-corrected chi connectivity index (χ2v) is 8.56. The van der Waals surface area contributed by atoms with Gasteiger partial charge in [-0.3, -0.25) is 0 Å². The third-order valence-electron chi connectivity index (χ3n) is 3.09. The van der Waals surface area contributed by atoms with Gasteiger partial charge in [0, 0.05) is 31.4 Å². The Morgan fingerprint density at radius 2 is 1.64 bits per heavy atom. The maximum absolute atomic E-state index is 13.7. The second kappa shape index (κ2) is 8.72. The lowest BCUT2D eigenvalue weighted by Gasteiger charge is -2.31. The predicted octanol–water partition coefficient (Wildman–Crippen LogP) is 4.33. The fourth-order valence-electron chi connectivity index (χ4n) is 2.28. The maximum Gasteiger partial charge on any atom is 0.501 e. The standard InChI is InChI=1S/C16H26F2O3Si/c1-12(2)20-22(19-5,21-13(3)4)10-6-7-14-8-9-15(17)11-16(14)18/h8-9,11-13H,6-7,10H2,1-5H3. The van der Waals surface area contributed by atoms with E-state index in [1.807, 2.05) is 27.7 Å². The quantitative estimate of drug-likeness (QED) is 0.630. The van der Waals surface area contributed by atoms with Crippen LogP contribution in [0.4, 0.5) is 8.78 Å². The molecule has 0 aliphatic rings. The van der Waals surface area contributed by atoms with Gasteiger partial charge < -0.3 is 13.3 Å². The summed E-state index contributed by atoms with van der Waals surface area (Å²) in [6.45, 7) is 7.74. The number of rotatable bonds is 9. The summed E-state index contributed by atoms with van der Waals surface area (Å²) in [7, 11) is -1.18. The monoisotopic (exact) mass is 332 g/mol. The van der Waals surface area contributed by atoms with Gasteiger partial charge in [-0.1, -0.05) is 6.07 Å². The maximum atomic E-state index is 13.7. The molecule has 1 aromatic carbocycles. The first-order valence-electron chi connectivity index (χ1n) is 7.62. The van der Waals surface area contributed by atoms with Crippen LogP contribution in [-0.4, -0.2) is 28.1 Å². The van der Waals surface area contributed by atoms with E-state index in [0.29, 0.717) is 24.4 Å². The molecule has 0 unspecified atom stereocenters. The lowest BCUT2D eigenvalue weighted by atomic mass is 10.1. The summed E-state index contributed by atoms with van der Waals surface area (Å²) in [5.41, 5.74) is 0.495. The molecular weight excluding hydrogens is 306 g/mol. The van der Waals surface area contributed by atoms with Crippen molar-refractivity contribution in [3.8, 4) is 0 Å². The highest BCUT2D eigenvalue weighted by molar-refractivity contribution is 6.60. The summed E-state index contributed by atoms with van der Waals surface area (Å²) >= 11 is 0. The summed E-state index contributed by atoms with van der Waals surface area (Å²) < 4.78 is 44.0. The fourth-order valence-corrected chi connectivity index (χ4v) is 5.02. The highest BCUT2D eigenvalue weighted by Crippen LogP contribution is 2.23. The van der Waals surface area contributed by atoms with Crippen LogP contribution in [0.15, 0.2) is 18.2 Å². The molecule has 22 heavy (non-hydrogen) atoms. The topological polar surface area (TPSA) is 27.7 Å². The normalized spacial score (nSPS) is 12.4. The summed E-state index contributed by atoms with van der Waals surface area (Å²) in [6.07, 6.45) is 1.13. The van der Waals surface area contributed by atoms with E-state index in [0.717, 1.165) is 6.07 Å². The Morgan fingerprint density at radius 3 is 2.09 bits per heavy atom. The van der Waals surface area contributed by atoms with Crippen molar-refractivity contribution < 1.29 is 22.1 Å². The molecule has 0 aromatic heterocycles. The van der Waals surface area contributed by atoms with Gasteiger partial charge in [-0.05, 0) is 52.2 Å². The second-order valence-electron chi connectivity index (χ2n) is 5.81. The Bertz CT molecular complexity index is 457. The minimum absolute atomic E-state index is 0.00655. The average Bonchev–Trinajstić information content (AvgIpc) is 2.39. The van der Waals surface area contributed by atoms with Crippen LogP contribution in [0.5, 0.6) is 0 Å². The van der Waals surface area contributed by atoms with Crippen molar-refractivity contribution in [1.29, 1.82) is 0 Å². The summed E-state index contributed by atoms with van der Waals surface area (Å²) in [5, 5.41) is 0. The smallest absolute Gasteiger partial charge is 0.377 e. The van der Waals surface area contributed by atoms with E-state index in [1.54, 1.807) is 7.11 Å². The number of aryl methyl sites for hydroxylation is 1. The Hall–Kier alpha value is -0.823. The molecule has 0 saturated heterocycles. The molecule has 0 aliphatic carbocycles. The summed E-state index contributed by atoms with van der Waals surface area (Å²) in [4.78, 5) is 0. The summed E-state index contributed by atoms with van der Waals surface area (Å²) in [6, 6.07) is 4.25.